The molecule has 0 radical (unpaired) electrons. The third-order valence-corrected chi connectivity index (χ3v) is 4.51. The van der Waals surface area contributed by atoms with Gasteiger partial charge in [0.1, 0.15) is 11.5 Å². The lowest BCUT2D eigenvalue weighted by Crippen LogP contribution is -1.91. The standard InChI is InChI=1S/C25H22N2O/c1-17-7-9-27-25(14-17)21-11-19(3)13-23(16-21)28-22-12-18(2)10-20(15-22)24-6-4-5-8-26-24/h4-16H,1-3H3. The van der Waals surface area contributed by atoms with E-state index in [0.29, 0.717) is 0 Å². The van der Waals surface area contributed by atoms with Crippen LogP contribution >= 0.6 is 0 Å². The van der Waals surface area contributed by atoms with Crippen molar-refractivity contribution in [3.05, 3.63) is 95.8 Å². The van der Waals surface area contributed by atoms with E-state index < -0.39 is 0 Å². The maximum absolute atomic E-state index is 6.24. The first-order valence-corrected chi connectivity index (χ1v) is 9.32. The molecule has 0 bridgehead atoms. The molecule has 2 heterocycles. The van der Waals surface area contributed by atoms with Crippen molar-refractivity contribution in [3.8, 4) is 34.0 Å². The van der Waals surface area contributed by atoms with Gasteiger partial charge >= 0.3 is 0 Å². The fourth-order valence-corrected chi connectivity index (χ4v) is 3.27. The van der Waals surface area contributed by atoms with Gasteiger partial charge in [0.2, 0.25) is 0 Å². The molecule has 0 aliphatic heterocycles. The average molecular weight is 366 g/mol. The summed E-state index contributed by atoms with van der Waals surface area (Å²) in [4.78, 5) is 8.95. The summed E-state index contributed by atoms with van der Waals surface area (Å²) in [6.07, 6.45) is 3.65. The van der Waals surface area contributed by atoms with Gasteiger partial charge in [-0.25, -0.2) is 0 Å². The van der Waals surface area contributed by atoms with E-state index in [4.69, 9.17) is 4.74 Å². The molecule has 28 heavy (non-hydrogen) atoms. The second-order valence-corrected chi connectivity index (χ2v) is 7.10. The Labute approximate surface area is 165 Å². The van der Waals surface area contributed by atoms with Gasteiger partial charge in [0.25, 0.3) is 0 Å². The molecule has 0 N–H and O–H groups in total. The molecule has 0 saturated heterocycles. The van der Waals surface area contributed by atoms with Crippen LogP contribution < -0.4 is 4.74 Å². The summed E-state index contributed by atoms with van der Waals surface area (Å²) in [6, 6.07) is 22.4. The largest absolute Gasteiger partial charge is 0.457 e. The Bertz CT molecular complexity index is 1120. The van der Waals surface area contributed by atoms with Gasteiger partial charge in [-0.15, -0.1) is 0 Å². The summed E-state index contributed by atoms with van der Waals surface area (Å²) in [7, 11) is 0. The van der Waals surface area contributed by atoms with Crippen molar-refractivity contribution in [2.45, 2.75) is 20.8 Å². The highest BCUT2D eigenvalue weighted by Gasteiger charge is 2.08. The third-order valence-electron chi connectivity index (χ3n) is 4.51. The normalized spacial score (nSPS) is 10.7. The van der Waals surface area contributed by atoms with Crippen LogP contribution in [-0.2, 0) is 0 Å². The molecule has 2 aromatic heterocycles. The third kappa shape index (κ3) is 4.09. The van der Waals surface area contributed by atoms with E-state index in [9.17, 15) is 0 Å². The zero-order chi connectivity index (χ0) is 19.5. The molecule has 4 rings (SSSR count). The van der Waals surface area contributed by atoms with Crippen molar-refractivity contribution in [1.29, 1.82) is 0 Å². The summed E-state index contributed by atoms with van der Waals surface area (Å²) < 4.78 is 6.24. The Morgan fingerprint density at radius 1 is 0.571 bits per heavy atom. The number of benzene rings is 2. The molecule has 2 aromatic carbocycles. The first-order chi connectivity index (χ1) is 13.6. The Kier molecular flexibility index (Phi) is 4.90. The van der Waals surface area contributed by atoms with Crippen molar-refractivity contribution in [1.82, 2.24) is 9.97 Å². The highest BCUT2D eigenvalue weighted by Crippen LogP contribution is 2.31. The van der Waals surface area contributed by atoms with Gasteiger partial charge in [0.05, 0.1) is 11.4 Å². The van der Waals surface area contributed by atoms with Crippen LogP contribution in [0.2, 0.25) is 0 Å². The van der Waals surface area contributed by atoms with Crippen molar-refractivity contribution in [2.24, 2.45) is 0 Å². The number of nitrogens with zero attached hydrogens (tertiary/aromatic N) is 2. The maximum atomic E-state index is 6.24. The SMILES string of the molecule is Cc1cc(Oc2cc(C)cc(-c3cc(C)ccn3)c2)cc(-c2ccccn2)c1. The van der Waals surface area contributed by atoms with Gasteiger partial charge in [-0.2, -0.15) is 0 Å². The van der Waals surface area contributed by atoms with Crippen molar-refractivity contribution in [3.63, 3.8) is 0 Å². The van der Waals surface area contributed by atoms with Crippen LogP contribution in [0.15, 0.2) is 79.1 Å². The molecule has 3 nitrogen and oxygen atoms in total. The van der Waals surface area contributed by atoms with Crippen LogP contribution in [0.25, 0.3) is 22.5 Å². The van der Waals surface area contributed by atoms with Crippen LogP contribution in [0.5, 0.6) is 11.5 Å². The minimum Gasteiger partial charge on any atom is -0.457 e. The van der Waals surface area contributed by atoms with E-state index in [1.54, 1.807) is 6.20 Å². The predicted molar refractivity (Wildman–Crippen MR) is 114 cm³/mol. The number of hydrogen-bond acceptors (Lipinski definition) is 3. The van der Waals surface area contributed by atoms with E-state index in [0.717, 1.165) is 45.1 Å². The predicted octanol–water partition coefficient (Wildman–Crippen LogP) is 6.53. The molecule has 0 fully saturated rings. The Morgan fingerprint density at radius 2 is 1.21 bits per heavy atom. The van der Waals surface area contributed by atoms with E-state index in [1.807, 2.05) is 54.7 Å². The van der Waals surface area contributed by atoms with Crippen LogP contribution in [0.1, 0.15) is 16.7 Å². The van der Waals surface area contributed by atoms with Crippen molar-refractivity contribution < 1.29 is 4.74 Å². The lowest BCUT2D eigenvalue weighted by atomic mass is 10.1. The Hall–Kier alpha value is -3.46. The van der Waals surface area contributed by atoms with Crippen molar-refractivity contribution >= 4 is 0 Å². The summed E-state index contributed by atoms with van der Waals surface area (Å²) in [5.74, 6) is 1.60. The molecule has 0 aliphatic rings. The lowest BCUT2D eigenvalue weighted by Gasteiger charge is -2.12. The number of hydrogen-bond donors (Lipinski definition) is 0. The molecule has 0 unspecified atom stereocenters. The van der Waals surface area contributed by atoms with Gasteiger partial charge in [0.15, 0.2) is 0 Å². The van der Waals surface area contributed by atoms with Crippen molar-refractivity contribution in [2.75, 3.05) is 0 Å². The first-order valence-electron chi connectivity index (χ1n) is 9.32. The fourth-order valence-electron chi connectivity index (χ4n) is 3.27. The van der Waals surface area contributed by atoms with Gasteiger partial charge in [-0.3, -0.25) is 9.97 Å². The molecule has 0 saturated carbocycles. The number of aryl methyl sites for hydroxylation is 3. The second kappa shape index (κ2) is 7.65. The second-order valence-electron chi connectivity index (χ2n) is 7.10. The van der Waals surface area contributed by atoms with E-state index in [-0.39, 0.29) is 0 Å². The van der Waals surface area contributed by atoms with Gasteiger partial charge in [-0.1, -0.05) is 6.07 Å². The molecule has 138 valence electrons. The fraction of sp³-hybridized carbons (Fsp3) is 0.120. The molecule has 4 aromatic rings. The van der Waals surface area contributed by atoms with E-state index in [1.165, 1.54) is 5.56 Å². The smallest absolute Gasteiger partial charge is 0.128 e. The summed E-state index contributed by atoms with van der Waals surface area (Å²) in [5, 5.41) is 0. The number of aromatic nitrogens is 2. The zero-order valence-electron chi connectivity index (χ0n) is 16.3. The summed E-state index contributed by atoms with van der Waals surface area (Å²) in [6.45, 7) is 6.21. The molecular weight excluding hydrogens is 344 g/mol. The zero-order valence-corrected chi connectivity index (χ0v) is 16.3. The highest BCUT2D eigenvalue weighted by molar-refractivity contribution is 5.65. The quantitative estimate of drug-likeness (QED) is 0.412. The molecule has 0 aliphatic carbocycles. The van der Waals surface area contributed by atoms with E-state index >= 15 is 0 Å². The van der Waals surface area contributed by atoms with Gasteiger partial charge < -0.3 is 4.74 Å². The number of ether oxygens (including phenoxy) is 1. The Balaban J connectivity index is 1.69. The highest BCUT2D eigenvalue weighted by atomic mass is 16.5. The first kappa shape index (κ1) is 17.9. The number of rotatable bonds is 4. The minimum atomic E-state index is 0.800. The Morgan fingerprint density at radius 3 is 1.82 bits per heavy atom. The molecule has 0 amide bonds. The summed E-state index contributed by atoms with van der Waals surface area (Å²) in [5.41, 5.74) is 7.43. The van der Waals surface area contributed by atoms with Gasteiger partial charge in [-0.05, 0) is 98.1 Å². The van der Waals surface area contributed by atoms with E-state index in [2.05, 4.69) is 48.9 Å². The maximum Gasteiger partial charge on any atom is 0.128 e. The minimum absolute atomic E-state index is 0.800. The van der Waals surface area contributed by atoms with Crippen LogP contribution in [0.4, 0.5) is 0 Å². The average Bonchev–Trinajstić information content (AvgIpc) is 2.68. The van der Waals surface area contributed by atoms with Gasteiger partial charge in [0, 0.05) is 23.5 Å². The topological polar surface area (TPSA) is 35.0 Å². The number of pyridine rings is 2. The summed E-state index contributed by atoms with van der Waals surface area (Å²) >= 11 is 0. The molecule has 0 spiro atoms. The molecule has 0 atom stereocenters. The lowest BCUT2D eigenvalue weighted by molar-refractivity contribution is 0.482. The molecule has 3 heteroatoms. The monoisotopic (exact) mass is 366 g/mol. The van der Waals surface area contributed by atoms with Crippen LogP contribution in [0.3, 0.4) is 0 Å². The van der Waals surface area contributed by atoms with Crippen LogP contribution in [0, 0.1) is 20.8 Å². The van der Waals surface area contributed by atoms with Crippen LogP contribution in [-0.4, -0.2) is 9.97 Å². The molecular formula is C25H22N2O.